The van der Waals surface area contributed by atoms with Crippen molar-refractivity contribution < 1.29 is 28.9 Å². The average molecular weight is 447 g/mol. The molecule has 1 aromatic carbocycles. The Morgan fingerprint density at radius 1 is 1.12 bits per heavy atom. The molecule has 2 N–H and O–H groups in total. The minimum Gasteiger partial charge on any atom is -0.487 e. The third-order valence-corrected chi connectivity index (χ3v) is 7.23. The lowest BCUT2D eigenvalue weighted by Gasteiger charge is -2.39. The topological polar surface area (TPSA) is 97.4 Å². The number of fused-ring (bicyclic) bond motifs is 1. The molecule has 2 atom stereocenters. The van der Waals surface area contributed by atoms with Gasteiger partial charge < -0.3 is 33.8 Å². The molecule has 5 rings (SSSR count). The Balaban J connectivity index is 1.16. The van der Waals surface area contributed by atoms with E-state index in [2.05, 4.69) is 10.1 Å². The van der Waals surface area contributed by atoms with Gasteiger partial charge in [0.1, 0.15) is 17.2 Å². The molecule has 2 aromatic rings. The Bertz CT molecular complexity index is 888. The fraction of sp³-hybridized carbons (Fsp3) is 0.708. The number of β-amino-alcohol motifs (C(OH)–C–C–N with tert-alkyl or cyclic N) is 1. The van der Waals surface area contributed by atoms with Crippen LogP contribution in [-0.4, -0.2) is 77.5 Å². The van der Waals surface area contributed by atoms with Crippen LogP contribution in [0.5, 0.6) is 11.6 Å². The van der Waals surface area contributed by atoms with Gasteiger partial charge in [-0.05, 0) is 68.4 Å². The maximum absolute atomic E-state index is 10.8. The largest absolute Gasteiger partial charge is 0.487 e. The van der Waals surface area contributed by atoms with Gasteiger partial charge in [-0.1, -0.05) is 6.07 Å². The minimum absolute atomic E-state index is 0.196. The number of ether oxygens (including phenoxy) is 3. The lowest BCUT2D eigenvalue weighted by molar-refractivity contribution is -0.0834. The summed E-state index contributed by atoms with van der Waals surface area (Å²) in [7, 11) is 0. The maximum atomic E-state index is 10.8. The molecular weight excluding hydrogens is 412 g/mol. The number of rotatable bonds is 7. The van der Waals surface area contributed by atoms with Crippen LogP contribution in [0.25, 0.3) is 11.0 Å². The molecule has 1 aliphatic carbocycles. The number of aliphatic hydroxyl groups excluding tert-OH is 1. The Kier molecular flexibility index (Phi) is 6.55. The first kappa shape index (κ1) is 21.9. The lowest BCUT2D eigenvalue weighted by atomic mass is 9.91. The molecule has 3 fully saturated rings. The van der Waals surface area contributed by atoms with Crippen molar-refractivity contribution in [3.05, 3.63) is 18.2 Å². The third-order valence-electron chi connectivity index (χ3n) is 7.23. The highest BCUT2D eigenvalue weighted by atomic mass is 16.5. The summed E-state index contributed by atoms with van der Waals surface area (Å²) in [6.45, 7) is 4.53. The zero-order valence-corrected chi connectivity index (χ0v) is 18.6. The van der Waals surface area contributed by atoms with E-state index in [0.717, 1.165) is 70.0 Å². The fourth-order valence-corrected chi connectivity index (χ4v) is 5.17. The number of hydrogen-bond donors (Lipinski definition) is 2. The number of nitrogens with zero attached hydrogens (tertiary/aromatic N) is 2. The molecule has 0 unspecified atom stereocenters. The van der Waals surface area contributed by atoms with Gasteiger partial charge in [-0.15, -0.1) is 0 Å². The van der Waals surface area contributed by atoms with Crippen molar-refractivity contribution in [2.75, 3.05) is 39.5 Å². The Hall–Kier alpha value is -1.87. The number of aliphatic hydroxyl groups is 2. The maximum Gasteiger partial charge on any atom is 0.265 e. The first-order chi connectivity index (χ1) is 15.6. The Morgan fingerprint density at radius 3 is 2.69 bits per heavy atom. The average Bonchev–Trinajstić information content (AvgIpc) is 3.40. The van der Waals surface area contributed by atoms with Crippen LogP contribution in [0, 0.1) is 5.92 Å². The second-order valence-electron chi connectivity index (χ2n) is 9.64. The number of piperidine rings is 1. The lowest BCUT2D eigenvalue weighted by Crippen LogP contribution is -2.49. The smallest absolute Gasteiger partial charge is 0.265 e. The van der Waals surface area contributed by atoms with Gasteiger partial charge in [0, 0.05) is 32.6 Å². The van der Waals surface area contributed by atoms with E-state index in [1.54, 1.807) is 0 Å². The second kappa shape index (κ2) is 9.55. The molecule has 0 bridgehead atoms. The minimum atomic E-state index is -0.607. The van der Waals surface area contributed by atoms with E-state index in [4.69, 9.17) is 18.7 Å². The summed E-state index contributed by atoms with van der Waals surface area (Å²) in [5.74, 6) is 1.55. The van der Waals surface area contributed by atoms with Crippen LogP contribution in [0.4, 0.5) is 0 Å². The fourth-order valence-electron chi connectivity index (χ4n) is 5.17. The highest BCUT2D eigenvalue weighted by molar-refractivity contribution is 5.88. The van der Waals surface area contributed by atoms with Gasteiger partial charge in [-0.2, -0.15) is 0 Å². The molecule has 2 saturated heterocycles. The van der Waals surface area contributed by atoms with Crippen LogP contribution < -0.4 is 9.47 Å². The molecule has 176 valence electrons. The molecule has 8 heteroatoms. The van der Waals surface area contributed by atoms with E-state index in [9.17, 15) is 10.2 Å². The summed E-state index contributed by atoms with van der Waals surface area (Å²) >= 11 is 0. The predicted octanol–water partition coefficient (Wildman–Crippen LogP) is 2.75. The van der Waals surface area contributed by atoms with Crippen molar-refractivity contribution in [2.24, 2.45) is 5.92 Å². The van der Waals surface area contributed by atoms with Gasteiger partial charge in [0.25, 0.3) is 5.88 Å². The molecular formula is C24H34N2O6. The monoisotopic (exact) mass is 446 g/mol. The van der Waals surface area contributed by atoms with Gasteiger partial charge in [0.05, 0.1) is 18.3 Å². The van der Waals surface area contributed by atoms with Crippen LogP contribution in [0.2, 0.25) is 0 Å². The van der Waals surface area contributed by atoms with E-state index in [1.807, 2.05) is 18.2 Å². The summed E-state index contributed by atoms with van der Waals surface area (Å²) < 4.78 is 23.1. The van der Waals surface area contributed by atoms with Gasteiger partial charge >= 0.3 is 0 Å². The third kappa shape index (κ3) is 4.88. The van der Waals surface area contributed by atoms with Crippen molar-refractivity contribution >= 4 is 11.0 Å². The first-order valence-electron chi connectivity index (χ1n) is 12.0. The van der Waals surface area contributed by atoms with Crippen LogP contribution in [-0.2, 0) is 4.74 Å². The van der Waals surface area contributed by atoms with E-state index in [0.29, 0.717) is 43.0 Å². The molecule has 3 aliphatic rings. The Morgan fingerprint density at radius 2 is 1.94 bits per heavy atom. The standard InChI is InChI=1S/C24H34N2O6/c27-18-3-1-4-19(18)31-20-5-2-6-21-22(20)23(25-32-21)30-15-17-7-11-26(12-8-17)16-24(28)9-13-29-14-10-24/h2,5-6,17-19,27-28H,1,3-4,7-16H2/t18-,19+/m0/s1. The van der Waals surface area contributed by atoms with Crippen LogP contribution in [0.3, 0.4) is 0 Å². The molecule has 1 saturated carbocycles. The van der Waals surface area contributed by atoms with Crippen molar-refractivity contribution in [1.82, 2.24) is 10.1 Å². The predicted molar refractivity (Wildman–Crippen MR) is 118 cm³/mol. The summed E-state index contributed by atoms with van der Waals surface area (Å²) in [6, 6.07) is 5.61. The molecule has 0 spiro atoms. The van der Waals surface area contributed by atoms with E-state index in [-0.39, 0.29) is 6.10 Å². The summed E-state index contributed by atoms with van der Waals surface area (Å²) in [6.07, 6.45) is 5.46. The Labute approximate surface area is 188 Å². The summed E-state index contributed by atoms with van der Waals surface area (Å²) in [5, 5.41) is 25.8. The van der Waals surface area contributed by atoms with Crippen molar-refractivity contribution in [2.45, 2.75) is 62.8 Å². The van der Waals surface area contributed by atoms with Crippen LogP contribution in [0.1, 0.15) is 44.9 Å². The van der Waals surface area contributed by atoms with E-state index >= 15 is 0 Å². The summed E-state index contributed by atoms with van der Waals surface area (Å²) in [4.78, 5) is 2.37. The summed E-state index contributed by atoms with van der Waals surface area (Å²) in [5.41, 5.74) is 0.0225. The number of likely N-dealkylation sites (tertiary alicyclic amines) is 1. The molecule has 0 amide bonds. The molecule has 0 radical (unpaired) electrons. The van der Waals surface area contributed by atoms with Gasteiger partial charge in [-0.3, -0.25) is 0 Å². The number of benzene rings is 1. The highest BCUT2D eigenvalue weighted by Gasteiger charge is 2.33. The molecule has 8 nitrogen and oxygen atoms in total. The first-order valence-corrected chi connectivity index (χ1v) is 12.0. The van der Waals surface area contributed by atoms with E-state index < -0.39 is 11.7 Å². The zero-order valence-electron chi connectivity index (χ0n) is 18.6. The quantitative estimate of drug-likeness (QED) is 0.670. The zero-order chi connectivity index (χ0) is 22.0. The van der Waals surface area contributed by atoms with Crippen LogP contribution >= 0.6 is 0 Å². The SMILES string of the molecule is O[C@H]1CCC[C@H]1Oc1cccc2onc(OCC3CCN(CC4(O)CCOCC4)CC3)c12. The van der Waals surface area contributed by atoms with Crippen molar-refractivity contribution in [3.63, 3.8) is 0 Å². The molecule has 2 aliphatic heterocycles. The van der Waals surface area contributed by atoms with Gasteiger partial charge in [0.15, 0.2) is 5.58 Å². The molecule has 3 heterocycles. The second-order valence-corrected chi connectivity index (χ2v) is 9.64. The normalized spacial score (nSPS) is 27.1. The molecule has 1 aromatic heterocycles. The number of aromatic nitrogens is 1. The molecule has 32 heavy (non-hydrogen) atoms. The van der Waals surface area contributed by atoms with Gasteiger partial charge in [0.2, 0.25) is 0 Å². The van der Waals surface area contributed by atoms with Crippen molar-refractivity contribution in [3.8, 4) is 11.6 Å². The van der Waals surface area contributed by atoms with E-state index in [1.165, 1.54) is 0 Å². The van der Waals surface area contributed by atoms with Crippen molar-refractivity contribution in [1.29, 1.82) is 0 Å². The number of hydrogen-bond acceptors (Lipinski definition) is 8. The van der Waals surface area contributed by atoms with Gasteiger partial charge in [-0.25, -0.2) is 0 Å². The van der Waals surface area contributed by atoms with Crippen LogP contribution in [0.15, 0.2) is 22.7 Å². The highest BCUT2D eigenvalue weighted by Crippen LogP contribution is 2.36.